The molecule has 0 N–H and O–H groups in total. The first-order valence-corrected chi connectivity index (χ1v) is 22.7. The van der Waals surface area contributed by atoms with Crippen molar-refractivity contribution in [1.82, 2.24) is 0 Å². The van der Waals surface area contributed by atoms with Crippen LogP contribution < -0.4 is 26.4 Å². The van der Waals surface area contributed by atoms with Gasteiger partial charge >= 0.3 is 0 Å². The minimum absolute atomic E-state index is 0.0254. The lowest BCUT2D eigenvalue weighted by Crippen LogP contribution is -2.61. The van der Waals surface area contributed by atoms with Crippen LogP contribution in [0.4, 0.5) is 34.1 Å². The second-order valence-electron chi connectivity index (χ2n) is 23.1. The van der Waals surface area contributed by atoms with E-state index in [0.717, 1.165) is 11.2 Å². The lowest BCUT2D eigenvalue weighted by molar-refractivity contribution is 0.332. The monoisotopic (exact) mass is 793 g/mol. The first kappa shape index (κ1) is 39.4. The Kier molecular flexibility index (Phi) is 8.19. The number of nitrogens with zero attached hydrogens (tertiary/aromatic N) is 2. The molecule has 5 aromatic carbocycles. The lowest BCUT2D eigenvalue weighted by atomic mass is 9.35. The molecule has 6 aromatic rings. The Morgan fingerprint density at radius 1 is 0.533 bits per heavy atom. The molecule has 0 fully saturated rings. The van der Waals surface area contributed by atoms with Gasteiger partial charge in [0.05, 0.1) is 11.3 Å². The van der Waals surface area contributed by atoms with Crippen molar-refractivity contribution in [3.05, 3.63) is 123 Å². The van der Waals surface area contributed by atoms with Gasteiger partial charge in [0, 0.05) is 33.8 Å². The largest absolute Gasteiger partial charge is 0.468 e. The molecule has 4 aliphatic rings. The van der Waals surface area contributed by atoms with Crippen molar-refractivity contribution in [3.8, 4) is 0 Å². The fraction of sp³-hybridized carbons (Fsp3) is 0.429. The van der Waals surface area contributed by atoms with Crippen molar-refractivity contribution in [1.29, 1.82) is 0 Å². The third kappa shape index (κ3) is 5.60. The standard InChI is InChI=1S/C56H65BN2O/c1-32-24-35(4)50-38(25-32)49-51(60-50)57-43-29-36(52(5,6)7)16-19-44(43)59(45-31-42-40(28-34(45)3)54(10,11)22-23-56(42,14)15)47-27-33(2)26-46(48(47)57)58(49)37-17-18-39-41(30-37)55(12,13)21-20-53(39,8)9/h16-19,24-31H,20-23H2,1-15H3. The summed E-state index contributed by atoms with van der Waals surface area (Å²) in [7, 11) is 0. The van der Waals surface area contributed by atoms with Crippen molar-refractivity contribution in [2.75, 3.05) is 9.80 Å². The lowest BCUT2D eigenvalue weighted by Gasteiger charge is -2.46. The maximum atomic E-state index is 7.41. The zero-order chi connectivity index (χ0) is 42.8. The number of aryl methyl sites for hydroxylation is 4. The van der Waals surface area contributed by atoms with Gasteiger partial charge in [-0.15, -0.1) is 0 Å². The molecular weight excluding hydrogens is 727 g/mol. The third-order valence-corrected chi connectivity index (χ3v) is 15.6. The Hall–Kier alpha value is -4.70. The summed E-state index contributed by atoms with van der Waals surface area (Å²) in [5, 5.41) is 1.19. The van der Waals surface area contributed by atoms with E-state index in [1.165, 1.54) is 126 Å². The molecule has 4 heteroatoms. The molecule has 0 bridgehead atoms. The minimum atomic E-state index is -0.0798. The number of rotatable bonds is 2. The molecule has 3 heterocycles. The van der Waals surface area contributed by atoms with Gasteiger partial charge in [0.25, 0.3) is 6.71 Å². The topological polar surface area (TPSA) is 19.6 Å². The molecule has 2 aliphatic carbocycles. The van der Waals surface area contributed by atoms with E-state index < -0.39 is 0 Å². The molecule has 0 radical (unpaired) electrons. The predicted molar refractivity (Wildman–Crippen MR) is 258 cm³/mol. The second-order valence-corrected chi connectivity index (χ2v) is 23.1. The van der Waals surface area contributed by atoms with Gasteiger partial charge < -0.3 is 14.2 Å². The van der Waals surface area contributed by atoms with Crippen molar-refractivity contribution in [2.45, 2.75) is 157 Å². The summed E-state index contributed by atoms with van der Waals surface area (Å²) in [6, 6.07) is 29.4. The SMILES string of the molecule is Cc1cc2c3c(c1)N(c1ccc4c(c1)C(C)(C)CCC4(C)C)c1c(oc4c(C)cc(C)cc14)B3c1cc(C(C)(C)C)ccc1N2c1cc2c(cc1C)C(C)(C)CCC2(C)C. The van der Waals surface area contributed by atoms with Gasteiger partial charge in [-0.1, -0.05) is 106 Å². The average Bonchev–Trinajstić information content (AvgIpc) is 3.54. The third-order valence-electron chi connectivity index (χ3n) is 15.6. The normalized spacial score (nSPS) is 19.1. The van der Waals surface area contributed by atoms with Crippen LogP contribution in [0.3, 0.4) is 0 Å². The van der Waals surface area contributed by atoms with Crippen molar-refractivity contribution >= 4 is 68.4 Å². The molecular formula is C56H65BN2O. The zero-order valence-electron chi connectivity index (χ0n) is 39.1. The van der Waals surface area contributed by atoms with E-state index >= 15 is 0 Å². The van der Waals surface area contributed by atoms with Crippen LogP contribution in [-0.4, -0.2) is 6.71 Å². The van der Waals surface area contributed by atoms with Crippen LogP contribution in [0.15, 0.2) is 77.2 Å². The van der Waals surface area contributed by atoms with Crippen molar-refractivity contribution in [2.24, 2.45) is 0 Å². The number of hydrogen-bond donors (Lipinski definition) is 0. The van der Waals surface area contributed by atoms with Gasteiger partial charge in [-0.25, -0.2) is 0 Å². The molecule has 0 saturated heterocycles. The Morgan fingerprint density at radius 3 is 1.73 bits per heavy atom. The van der Waals surface area contributed by atoms with Gasteiger partial charge in [0.2, 0.25) is 0 Å². The molecule has 0 saturated carbocycles. The van der Waals surface area contributed by atoms with Gasteiger partial charge in [0.1, 0.15) is 5.58 Å². The van der Waals surface area contributed by atoms with Crippen LogP contribution in [0, 0.1) is 27.7 Å². The first-order valence-electron chi connectivity index (χ1n) is 22.7. The Labute approximate surface area is 360 Å². The molecule has 0 amide bonds. The molecule has 2 aliphatic heterocycles. The number of anilines is 6. The fourth-order valence-electron chi connectivity index (χ4n) is 11.7. The van der Waals surface area contributed by atoms with Gasteiger partial charge in [-0.3, -0.25) is 0 Å². The fourth-order valence-corrected chi connectivity index (χ4v) is 11.7. The summed E-state index contributed by atoms with van der Waals surface area (Å²) in [5.74, 6) is 0. The number of hydrogen-bond acceptors (Lipinski definition) is 3. The predicted octanol–water partition coefficient (Wildman–Crippen LogP) is 13.7. The molecule has 308 valence electrons. The molecule has 0 spiro atoms. The van der Waals surface area contributed by atoms with Crippen molar-refractivity contribution < 1.29 is 4.42 Å². The smallest absolute Gasteiger partial charge is 0.297 e. The molecule has 0 atom stereocenters. The van der Waals surface area contributed by atoms with E-state index in [9.17, 15) is 0 Å². The highest BCUT2D eigenvalue weighted by atomic mass is 16.3. The Balaban J connectivity index is 1.33. The van der Waals surface area contributed by atoms with Crippen molar-refractivity contribution in [3.63, 3.8) is 0 Å². The first-order chi connectivity index (χ1) is 28.0. The zero-order valence-corrected chi connectivity index (χ0v) is 39.1. The summed E-state index contributed by atoms with van der Waals surface area (Å²) in [5.41, 5.74) is 24.8. The molecule has 1 aromatic heterocycles. The molecule has 10 rings (SSSR count). The maximum absolute atomic E-state index is 7.41. The van der Waals surface area contributed by atoms with Crippen LogP contribution in [0.1, 0.15) is 152 Å². The quantitative estimate of drug-likeness (QED) is 0.163. The Bertz CT molecular complexity index is 2820. The molecule has 0 unspecified atom stereocenters. The number of benzene rings is 5. The van der Waals surface area contributed by atoms with E-state index in [1.807, 2.05) is 0 Å². The summed E-state index contributed by atoms with van der Waals surface area (Å²) < 4.78 is 7.41. The van der Waals surface area contributed by atoms with Crippen LogP contribution in [0.2, 0.25) is 0 Å². The van der Waals surface area contributed by atoms with Crippen LogP contribution in [0.25, 0.3) is 11.0 Å². The summed E-state index contributed by atoms with van der Waals surface area (Å²) in [6.07, 6.45) is 4.75. The van der Waals surface area contributed by atoms with E-state index in [4.69, 9.17) is 4.42 Å². The Morgan fingerprint density at radius 2 is 1.10 bits per heavy atom. The summed E-state index contributed by atoms with van der Waals surface area (Å²) >= 11 is 0. The van der Waals surface area contributed by atoms with E-state index in [-0.39, 0.29) is 33.8 Å². The highest BCUT2D eigenvalue weighted by Gasteiger charge is 2.48. The minimum Gasteiger partial charge on any atom is -0.468 e. The average molecular weight is 793 g/mol. The second kappa shape index (κ2) is 12.5. The summed E-state index contributed by atoms with van der Waals surface area (Å²) in [6.45, 7) is 35.6. The van der Waals surface area contributed by atoms with Crippen LogP contribution >= 0.6 is 0 Å². The maximum Gasteiger partial charge on any atom is 0.297 e. The highest BCUT2D eigenvalue weighted by molar-refractivity contribution is 7.00. The number of fused-ring (bicyclic) bond motifs is 8. The molecule has 3 nitrogen and oxygen atoms in total. The van der Waals surface area contributed by atoms with E-state index in [0.29, 0.717) is 0 Å². The van der Waals surface area contributed by atoms with Gasteiger partial charge in [-0.2, -0.15) is 0 Å². The molecule has 60 heavy (non-hydrogen) atoms. The summed E-state index contributed by atoms with van der Waals surface area (Å²) in [4.78, 5) is 5.24. The number of furan rings is 1. The van der Waals surface area contributed by atoms with Crippen LogP contribution in [-0.2, 0) is 27.1 Å². The van der Waals surface area contributed by atoms with E-state index in [2.05, 4.69) is 186 Å². The van der Waals surface area contributed by atoms with Gasteiger partial charge in [-0.05, 0) is 184 Å². The highest BCUT2D eigenvalue weighted by Crippen LogP contribution is 2.53. The van der Waals surface area contributed by atoms with E-state index in [1.54, 1.807) is 0 Å². The van der Waals surface area contributed by atoms with Crippen LogP contribution in [0.5, 0.6) is 0 Å². The van der Waals surface area contributed by atoms with Gasteiger partial charge in [0.15, 0.2) is 0 Å².